The summed E-state index contributed by atoms with van der Waals surface area (Å²) in [5.74, 6) is 0. The molecule has 0 bridgehead atoms. The van der Waals surface area contributed by atoms with E-state index in [0.717, 1.165) is 21.4 Å². The van der Waals surface area contributed by atoms with Crippen LogP contribution in [0, 0.1) is 0 Å². The van der Waals surface area contributed by atoms with Crippen LogP contribution < -0.4 is 5.32 Å². The highest BCUT2D eigenvalue weighted by Gasteiger charge is 2.22. The molecule has 6 heteroatoms. The summed E-state index contributed by atoms with van der Waals surface area (Å²) in [6, 6.07) is 1.83. The van der Waals surface area contributed by atoms with E-state index < -0.39 is 17.8 Å². The van der Waals surface area contributed by atoms with Crippen molar-refractivity contribution in [1.82, 2.24) is 4.98 Å². The van der Waals surface area contributed by atoms with Crippen LogP contribution in [0.25, 0.3) is 10.1 Å². The SMILES string of the molecule is CCCC(O)c1sc2cnccc2c1NC(=O)OC(C)(C)C. The first-order chi connectivity index (χ1) is 10.3. The molecule has 5 nitrogen and oxygen atoms in total. The van der Waals surface area contributed by atoms with E-state index in [1.54, 1.807) is 12.4 Å². The minimum absolute atomic E-state index is 0.519. The first kappa shape index (κ1) is 16.7. The molecule has 0 aliphatic rings. The van der Waals surface area contributed by atoms with Gasteiger partial charge in [-0.1, -0.05) is 13.3 Å². The predicted octanol–water partition coefficient (Wildman–Crippen LogP) is 4.48. The third-order valence-corrected chi connectivity index (χ3v) is 4.25. The number of aromatic nitrogens is 1. The summed E-state index contributed by atoms with van der Waals surface area (Å²) in [4.78, 5) is 16.9. The molecule has 2 rings (SSSR count). The Hall–Kier alpha value is -1.66. The van der Waals surface area contributed by atoms with Gasteiger partial charge in [0.15, 0.2) is 0 Å². The Morgan fingerprint density at radius 3 is 2.86 bits per heavy atom. The zero-order chi connectivity index (χ0) is 16.3. The number of fused-ring (bicyclic) bond motifs is 1. The van der Waals surface area contributed by atoms with E-state index in [1.807, 2.05) is 33.8 Å². The summed E-state index contributed by atoms with van der Waals surface area (Å²) >= 11 is 1.45. The van der Waals surface area contributed by atoms with Crippen LogP contribution >= 0.6 is 11.3 Å². The van der Waals surface area contributed by atoms with Crippen molar-refractivity contribution in [3.05, 3.63) is 23.3 Å². The number of amides is 1. The van der Waals surface area contributed by atoms with Crippen LogP contribution in [0.5, 0.6) is 0 Å². The summed E-state index contributed by atoms with van der Waals surface area (Å²) in [6.07, 6.45) is 3.79. The number of hydrogen-bond acceptors (Lipinski definition) is 5. The molecule has 1 amide bonds. The number of hydrogen-bond donors (Lipinski definition) is 2. The van der Waals surface area contributed by atoms with E-state index >= 15 is 0 Å². The smallest absolute Gasteiger partial charge is 0.412 e. The first-order valence-corrected chi connectivity index (χ1v) is 8.18. The third-order valence-electron chi connectivity index (χ3n) is 3.01. The number of aliphatic hydroxyl groups is 1. The molecule has 0 aromatic carbocycles. The van der Waals surface area contributed by atoms with Crippen molar-refractivity contribution in [2.24, 2.45) is 0 Å². The van der Waals surface area contributed by atoms with Gasteiger partial charge in [0.1, 0.15) is 5.60 Å². The average Bonchev–Trinajstić information content (AvgIpc) is 2.76. The van der Waals surface area contributed by atoms with E-state index in [-0.39, 0.29) is 0 Å². The number of nitrogens with zero attached hydrogens (tertiary/aromatic N) is 1. The van der Waals surface area contributed by atoms with Gasteiger partial charge in [0.25, 0.3) is 0 Å². The van der Waals surface area contributed by atoms with Crippen molar-refractivity contribution in [2.45, 2.75) is 52.2 Å². The normalized spacial score (nSPS) is 13.1. The minimum Gasteiger partial charge on any atom is -0.444 e. The predicted molar refractivity (Wildman–Crippen MR) is 89.3 cm³/mol. The number of anilines is 1. The Bertz CT molecular complexity index is 661. The number of carbonyl (C=O) groups excluding carboxylic acids is 1. The molecular formula is C16H22N2O3S. The molecule has 1 unspecified atom stereocenters. The second-order valence-corrected chi connectivity index (χ2v) is 7.23. The van der Waals surface area contributed by atoms with Crippen LogP contribution in [0.3, 0.4) is 0 Å². The largest absolute Gasteiger partial charge is 0.444 e. The molecule has 0 spiro atoms. The molecule has 0 saturated heterocycles. The van der Waals surface area contributed by atoms with Gasteiger partial charge in [-0.3, -0.25) is 10.3 Å². The number of thiophene rings is 1. The second-order valence-electron chi connectivity index (χ2n) is 6.14. The van der Waals surface area contributed by atoms with E-state index in [9.17, 15) is 9.90 Å². The molecule has 2 aromatic heterocycles. The third kappa shape index (κ3) is 3.96. The molecule has 2 heterocycles. The van der Waals surface area contributed by atoms with Gasteiger partial charge in [-0.05, 0) is 33.3 Å². The van der Waals surface area contributed by atoms with Gasteiger partial charge >= 0.3 is 6.09 Å². The van der Waals surface area contributed by atoms with Gasteiger partial charge in [-0.2, -0.15) is 0 Å². The van der Waals surface area contributed by atoms with Crippen LogP contribution in [0.2, 0.25) is 0 Å². The highest BCUT2D eigenvalue weighted by atomic mass is 32.1. The molecule has 0 aliphatic carbocycles. The van der Waals surface area contributed by atoms with E-state index in [1.165, 1.54) is 11.3 Å². The Labute approximate surface area is 134 Å². The highest BCUT2D eigenvalue weighted by molar-refractivity contribution is 7.19. The maximum atomic E-state index is 12.1. The number of aliphatic hydroxyl groups excluding tert-OH is 1. The van der Waals surface area contributed by atoms with Gasteiger partial charge in [0.05, 0.1) is 21.4 Å². The van der Waals surface area contributed by atoms with Crippen molar-refractivity contribution in [1.29, 1.82) is 0 Å². The monoisotopic (exact) mass is 322 g/mol. The average molecular weight is 322 g/mol. The first-order valence-electron chi connectivity index (χ1n) is 7.36. The zero-order valence-corrected chi connectivity index (χ0v) is 14.2. The fraction of sp³-hybridized carbons (Fsp3) is 0.500. The van der Waals surface area contributed by atoms with Crippen LogP contribution in [-0.2, 0) is 4.74 Å². The summed E-state index contributed by atoms with van der Waals surface area (Å²) < 4.78 is 6.24. The number of pyridine rings is 1. The Kier molecular flexibility index (Phi) is 5.03. The number of ether oxygens (including phenoxy) is 1. The Balaban J connectivity index is 2.37. The van der Waals surface area contributed by atoms with Gasteiger partial charge in [-0.25, -0.2) is 4.79 Å². The topological polar surface area (TPSA) is 71.5 Å². The summed E-state index contributed by atoms with van der Waals surface area (Å²) in [7, 11) is 0. The lowest BCUT2D eigenvalue weighted by molar-refractivity contribution is 0.0636. The Morgan fingerprint density at radius 1 is 1.50 bits per heavy atom. The van der Waals surface area contributed by atoms with Crippen LogP contribution in [0.1, 0.15) is 51.5 Å². The van der Waals surface area contributed by atoms with Crippen LogP contribution in [0.4, 0.5) is 10.5 Å². The minimum atomic E-state index is -0.604. The van der Waals surface area contributed by atoms with Crippen molar-refractivity contribution in [3.8, 4) is 0 Å². The van der Waals surface area contributed by atoms with E-state index in [4.69, 9.17) is 4.74 Å². The molecule has 1 atom stereocenters. The molecule has 120 valence electrons. The summed E-state index contributed by atoms with van der Waals surface area (Å²) in [5, 5.41) is 14.0. The van der Waals surface area contributed by atoms with Crippen LogP contribution in [-0.4, -0.2) is 21.8 Å². The van der Waals surface area contributed by atoms with E-state index in [0.29, 0.717) is 12.1 Å². The molecule has 22 heavy (non-hydrogen) atoms. The number of rotatable bonds is 4. The van der Waals surface area contributed by atoms with Gasteiger partial charge in [0, 0.05) is 17.8 Å². The highest BCUT2D eigenvalue weighted by Crippen LogP contribution is 2.40. The lowest BCUT2D eigenvalue weighted by Crippen LogP contribution is -2.27. The summed E-state index contributed by atoms with van der Waals surface area (Å²) in [5.41, 5.74) is 0.0530. The van der Waals surface area contributed by atoms with Gasteiger partial charge < -0.3 is 9.84 Å². The lowest BCUT2D eigenvalue weighted by Gasteiger charge is -2.20. The lowest BCUT2D eigenvalue weighted by atomic mass is 10.1. The molecule has 0 fully saturated rings. The molecule has 0 radical (unpaired) electrons. The van der Waals surface area contributed by atoms with Gasteiger partial charge in [0.2, 0.25) is 0 Å². The zero-order valence-electron chi connectivity index (χ0n) is 13.3. The fourth-order valence-corrected chi connectivity index (χ4v) is 3.29. The molecule has 2 aromatic rings. The molecule has 2 N–H and O–H groups in total. The maximum Gasteiger partial charge on any atom is 0.412 e. The van der Waals surface area contributed by atoms with E-state index in [2.05, 4.69) is 10.3 Å². The molecular weight excluding hydrogens is 300 g/mol. The maximum absolute atomic E-state index is 12.1. The molecule has 0 aliphatic heterocycles. The molecule has 0 saturated carbocycles. The fourth-order valence-electron chi connectivity index (χ4n) is 2.14. The van der Waals surface area contributed by atoms with Crippen LogP contribution in [0.15, 0.2) is 18.5 Å². The van der Waals surface area contributed by atoms with Crippen molar-refractivity contribution < 1.29 is 14.6 Å². The second kappa shape index (κ2) is 6.62. The quantitative estimate of drug-likeness (QED) is 0.870. The standard InChI is InChI=1S/C16H22N2O3S/c1-5-6-11(19)14-13(18-15(20)21-16(2,3)4)10-7-8-17-9-12(10)22-14/h7-9,11,19H,5-6H2,1-4H3,(H,18,20). The number of nitrogens with one attached hydrogen (secondary N) is 1. The Morgan fingerprint density at radius 2 is 2.23 bits per heavy atom. The van der Waals surface area contributed by atoms with Crippen molar-refractivity contribution in [3.63, 3.8) is 0 Å². The summed E-state index contributed by atoms with van der Waals surface area (Å²) in [6.45, 7) is 7.46. The van der Waals surface area contributed by atoms with Crippen molar-refractivity contribution in [2.75, 3.05) is 5.32 Å². The van der Waals surface area contributed by atoms with Crippen molar-refractivity contribution >= 4 is 33.2 Å². The van der Waals surface area contributed by atoms with Gasteiger partial charge in [-0.15, -0.1) is 11.3 Å². The number of carbonyl (C=O) groups is 1.